The van der Waals surface area contributed by atoms with Crippen LogP contribution in [-0.2, 0) is 0 Å². The van der Waals surface area contributed by atoms with E-state index < -0.39 is 0 Å². The van der Waals surface area contributed by atoms with Gasteiger partial charge in [0.05, 0.1) is 0 Å². The summed E-state index contributed by atoms with van der Waals surface area (Å²) < 4.78 is 0. The Kier molecular flexibility index (Phi) is 7.13. The van der Waals surface area contributed by atoms with Gasteiger partial charge in [0.15, 0.2) is 0 Å². The van der Waals surface area contributed by atoms with E-state index in [1.165, 1.54) is 0 Å². The second kappa shape index (κ2) is 7.53. The molecule has 0 fully saturated rings. The molecule has 0 radical (unpaired) electrons. The van der Waals surface area contributed by atoms with Gasteiger partial charge in [-0.1, -0.05) is 6.08 Å². The van der Waals surface area contributed by atoms with Crippen molar-refractivity contribution < 1.29 is 0 Å². The predicted molar refractivity (Wildman–Crippen MR) is 47.9 cm³/mol. The van der Waals surface area contributed by atoms with Gasteiger partial charge < -0.3 is 15.6 Å². The SMILES string of the molecule is CNCCN(C)C/C=C/NN. The molecule has 0 aliphatic rings. The zero-order chi connectivity index (χ0) is 8.53. The van der Waals surface area contributed by atoms with Crippen molar-refractivity contribution in [2.24, 2.45) is 5.84 Å². The lowest BCUT2D eigenvalue weighted by Gasteiger charge is -2.12. The van der Waals surface area contributed by atoms with Gasteiger partial charge >= 0.3 is 0 Å². The van der Waals surface area contributed by atoms with E-state index in [0.717, 1.165) is 19.6 Å². The number of hydrogen-bond donors (Lipinski definition) is 3. The van der Waals surface area contributed by atoms with Crippen LogP contribution in [0.5, 0.6) is 0 Å². The molecule has 0 bridgehead atoms. The van der Waals surface area contributed by atoms with Crippen molar-refractivity contribution in [3.8, 4) is 0 Å². The zero-order valence-electron chi connectivity index (χ0n) is 7.30. The first-order valence-corrected chi connectivity index (χ1v) is 3.75. The van der Waals surface area contributed by atoms with Crippen LogP contribution in [0.3, 0.4) is 0 Å². The smallest absolute Gasteiger partial charge is 0.0178 e. The molecule has 4 N–H and O–H groups in total. The summed E-state index contributed by atoms with van der Waals surface area (Å²) in [6.45, 7) is 2.98. The molecule has 0 rings (SSSR count). The fourth-order valence-corrected chi connectivity index (χ4v) is 0.695. The number of nitrogens with zero attached hydrogens (tertiary/aromatic N) is 1. The first kappa shape index (κ1) is 10.4. The molecule has 0 heterocycles. The minimum absolute atomic E-state index is 0.922. The molecule has 0 aromatic rings. The average Bonchev–Trinajstić information content (AvgIpc) is 2.01. The Balaban J connectivity index is 3.21. The fourth-order valence-electron chi connectivity index (χ4n) is 0.695. The first-order chi connectivity index (χ1) is 5.31. The Hall–Kier alpha value is -0.580. The predicted octanol–water partition coefficient (Wildman–Crippen LogP) is -0.885. The third-order valence-electron chi connectivity index (χ3n) is 1.37. The number of nitrogens with two attached hydrogens (primary N) is 1. The fraction of sp³-hybridized carbons (Fsp3) is 0.714. The van der Waals surface area contributed by atoms with Crippen LogP contribution in [-0.4, -0.2) is 38.6 Å². The maximum atomic E-state index is 5.05. The zero-order valence-corrected chi connectivity index (χ0v) is 7.30. The van der Waals surface area contributed by atoms with Gasteiger partial charge in [0, 0.05) is 25.8 Å². The molecule has 0 aliphatic carbocycles. The number of likely N-dealkylation sites (N-methyl/N-ethyl adjacent to an activating group) is 2. The summed E-state index contributed by atoms with van der Waals surface area (Å²) >= 11 is 0. The molecular weight excluding hydrogens is 140 g/mol. The van der Waals surface area contributed by atoms with Crippen molar-refractivity contribution in [2.45, 2.75) is 0 Å². The highest BCUT2D eigenvalue weighted by atomic mass is 15.2. The standard InChI is InChI=1S/C7H18N4/c1-9-5-7-11(2)6-3-4-10-8/h3-4,9-10H,5-8H2,1-2H3/b4-3+. The second-order valence-electron chi connectivity index (χ2n) is 2.43. The Labute approximate surface area is 68.4 Å². The van der Waals surface area contributed by atoms with Gasteiger partial charge in [0.2, 0.25) is 0 Å². The maximum absolute atomic E-state index is 5.05. The molecule has 0 aromatic heterocycles. The van der Waals surface area contributed by atoms with Crippen LogP contribution < -0.4 is 16.6 Å². The molecule has 11 heavy (non-hydrogen) atoms. The van der Waals surface area contributed by atoms with E-state index in [9.17, 15) is 0 Å². The van der Waals surface area contributed by atoms with Gasteiger partial charge in [-0.05, 0) is 14.1 Å². The van der Waals surface area contributed by atoms with Crippen LogP contribution in [0.15, 0.2) is 12.3 Å². The molecule has 0 aromatic carbocycles. The van der Waals surface area contributed by atoms with E-state index in [1.54, 1.807) is 6.20 Å². The first-order valence-electron chi connectivity index (χ1n) is 3.75. The van der Waals surface area contributed by atoms with Crippen molar-refractivity contribution in [1.82, 2.24) is 15.6 Å². The van der Waals surface area contributed by atoms with Crippen molar-refractivity contribution in [3.05, 3.63) is 12.3 Å². The quantitative estimate of drug-likeness (QED) is 0.347. The topological polar surface area (TPSA) is 53.3 Å². The molecule has 0 amide bonds. The Morgan fingerprint density at radius 2 is 2.27 bits per heavy atom. The van der Waals surface area contributed by atoms with Crippen molar-refractivity contribution >= 4 is 0 Å². The van der Waals surface area contributed by atoms with Crippen LogP contribution in [0.4, 0.5) is 0 Å². The van der Waals surface area contributed by atoms with Gasteiger partial charge in [0.1, 0.15) is 0 Å². The maximum Gasteiger partial charge on any atom is 0.0178 e. The van der Waals surface area contributed by atoms with E-state index in [1.807, 2.05) is 13.1 Å². The number of hydrazine groups is 1. The highest BCUT2D eigenvalue weighted by Crippen LogP contribution is 1.80. The molecule has 0 saturated carbocycles. The largest absolute Gasteiger partial charge is 0.332 e. The van der Waals surface area contributed by atoms with E-state index in [4.69, 9.17) is 5.84 Å². The molecule has 4 nitrogen and oxygen atoms in total. The Bertz CT molecular complexity index is 103. The lowest BCUT2D eigenvalue weighted by Crippen LogP contribution is -2.27. The van der Waals surface area contributed by atoms with Crippen molar-refractivity contribution in [2.75, 3.05) is 33.7 Å². The molecule has 0 unspecified atom stereocenters. The minimum atomic E-state index is 0.922. The van der Waals surface area contributed by atoms with Crippen LogP contribution in [0, 0.1) is 0 Å². The van der Waals surface area contributed by atoms with Gasteiger partial charge in [-0.3, -0.25) is 5.84 Å². The highest BCUT2D eigenvalue weighted by Gasteiger charge is 1.91. The van der Waals surface area contributed by atoms with Crippen LogP contribution in [0.2, 0.25) is 0 Å². The minimum Gasteiger partial charge on any atom is -0.332 e. The number of nitrogens with one attached hydrogen (secondary N) is 2. The average molecular weight is 158 g/mol. The lowest BCUT2D eigenvalue weighted by atomic mass is 10.5. The molecule has 0 saturated heterocycles. The summed E-state index contributed by atoms with van der Waals surface area (Å²) in [7, 11) is 4.02. The normalized spacial score (nSPS) is 11.3. The lowest BCUT2D eigenvalue weighted by molar-refractivity contribution is 0.370. The van der Waals surface area contributed by atoms with Gasteiger partial charge in [0.25, 0.3) is 0 Å². The molecule has 66 valence electrons. The van der Waals surface area contributed by atoms with Crippen LogP contribution in [0.1, 0.15) is 0 Å². The second-order valence-corrected chi connectivity index (χ2v) is 2.43. The summed E-state index contributed by atoms with van der Waals surface area (Å²) in [4.78, 5) is 2.20. The third kappa shape index (κ3) is 7.32. The summed E-state index contributed by atoms with van der Waals surface area (Å²) in [5.74, 6) is 5.05. The number of rotatable bonds is 6. The van der Waals surface area contributed by atoms with Gasteiger partial charge in [-0.2, -0.15) is 0 Å². The van der Waals surface area contributed by atoms with Crippen LogP contribution in [0.25, 0.3) is 0 Å². The Morgan fingerprint density at radius 3 is 2.82 bits per heavy atom. The summed E-state index contributed by atoms with van der Waals surface area (Å²) in [6, 6.07) is 0. The molecular formula is C7H18N4. The summed E-state index contributed by atoms with van der Waals surface area (Å²) in [6.07, 6.45) is 3.71. The molecule has 0 atom stereocenters. The van der Waals surface area contributed by atoms with Gasteiger partial charge in [-0.15, -0.1) is 0 Å². The third-order valence-corrected chi connectivity index (χ3v) is 1.37. The van der Waals surface area contributed by atoms with E-state index in [-0.39, 0.29) is 0 Å². The van der Waals surface area contributed by atoms with Crippen molar-refractivity contribution in [1.29, 1.82) is 0 Å². The van der Waals surface area contributed by atoms with E-state index >= 15 is 0 Å². The highest BCUT2D eigenvalue weighted by molar-refractivity contribution is 4.80. The molecule has 0 spiro atoms. The number of hydrogen-bond acceptors (Lipinski definition) is 4. The van der Waals surface area contributed by atoms with E-state index in [0.29, 0.717) is 0 Å². The van der Waals surface area contributed by atoms with Crippen molar-refractivity contribution in [3.63, 3.8) is 0 Å². The molecule has 4 heteroatoms. The summed E-state index contributed by atoms with van der Waals surface area (Å²) in [5.41, 5.74) is 2.46. The Morgan fingerprint density at radius 1 is 1.55 bits per heavy atom. The van der Waals surface area contributed by atoms with Gasteiger partial charge in [-0.25, -0.2) is 0 Å². The molecule has 0 aliphatic heterocycles. The monoisotopic (exact) mass is 158 g/mol. The summed E-state index contributed by atoms with van der Waals surface area (Å²) in [5, 5.41) is 3.08. The van der Waals surface area contributed by atoms with E-state index in [2.05, 4.69) is 22.7 Å². The van der Waals surface area contributed by atoms with Crippen LogP contribution >= 0.6 is 0 Å².